The van der Waals surface area contributed by atoms with Crippen LogP contribution in [0.4, 0.5) is 5.69 Å². The van der Waals surface area contributed by atoms with E-state index in [4.69, 9.17) is 0 Å². The van der Waals surface area contributed by atoms with Crippen LogP contribution in [0.3, 0.4) is 0 Å². The van der Waals surface area contributed by atoms with Crippen molar-refractivity contribution < 1.29 is 19.8 Å². The smallest absolute Gasteiger partial charge is 0.255 e. The van der Waals surface area contributed by atoms with Gasteiger partial charge >= 0.3 is 0 Å². The van der Waals surface area contributed by atoms with Gasteiger partial charge in [0.1, 0.15) is 11.5 Å². The summed E-state index contributed by atoms with van der Waals surface area (Å²) in [5, 5.41) is 21.6. The lowest BCUT2D eigenvalue weighted by Gasteiger charge is -2.11. The SMILES string of the molecule is O=C(Nc1cc(O)ccc1C(=O)c1ccccc1)c1ccc(O)cc1. The van der Waals surface area contributed by atoms with E-state index in [1.54, 1.807) is 30.3 Å². The third-order valence-electron chi connectivity index (χ3n) is 3.66. The van der Waals surface area contributed by atoms with Gasteiger partial charge < -0.3 is 15.5 Å². The Balaban J connectivity index is 1.93. The first-order chi connectivity index (χ1) is 12.0. The Labute approximate surface area is 144 Å². The minimum Gasteiger partial charge on any atom is -0.508 e. The van der Waals surface area contributed by atoms with Crippen molar-refractivity contribution in [1.29, 1.82) is 0 Å². The average molecular weight is 333 g/mol. The summed E-state index contributed by atoms with van der Waals surface area (Å²) < 4.78 is 0. The topological polar surface area (TPSA) is 86.6 Å². The van der Waals surface area contributed by atoms with E-state index in [1.165, 1.54) is 42.5 Å². The van der Waals surface area contributed by atoms with Crippen LogP contribution in [0, 0.1) is 0 Å². The lowest BCUT2D eigenvalue weighted by molar-refractivity contribution is 0.102. The lowest BCUT2D eigenvalue weighted by Crippen LogP contribution is -2.15. The van der Waals surface area contributed by atoms with Crippen molar-refractivity contribution >= 4 is 17.4 Å². The summed E-state index contributed by atoms with van der Waals surface area (Å²) in [6.45, 7) is 0. The summed E-state index contributed by atoms with van der Waals surface area (Å²) in [6.07, 6.45) is 0. The highest BCUT2D eigenvalue weighted by Gasteiger charge is 2.16. The summed E-state index contributed by atoms with van der Waals surface area (Å²) in [4.78, 5) is 25.0. The Kier molecular flexibility index (Phi) is 4.48. The van der Waals surface area contributed by atoms with Gasteiger partial charge in [0.2, 0.25) is 0 Å². The molecule has 0 bridgehead atoms. The lowest BCUT2D eigenvalue weighted by atomic mass is 10.0. The number of carbonyl (C=O) groups excluding carboxylic acids is 2. The van der Waals surface area contributed by atoms with E-state index in [0.29, 0.717) is 11.1 Å². The summed E-state index contributed by atoms with van der Waals surface area (Å²) in [5.74, 6) is -0.728. The van der Waals surface area contributed by atoms with E-state index in [2.05, 4.69) is 5.32 Å². The van der Waals surface area contributed by atoms with Crippen LogP contribution in [0.15, 0.2) is 72.8 Å². The molecule has 3 N–H and O–H groups in total. The van der Waals surface area contributed by atoms with E-state index < -0.39 is 5.91 Å². The Morgan fingerprint density at radius 2 is 1.36 bits per heavy atom. The van der Waals surface area contributed by atoms with Gasteiger partial charge in [-0.15, -0.1) is 0 Å². The molecule has 0 heterocycles. The highest BCUT2D eigenvalue weighted by Crippen LogP contribution is 2.25. The van der Waals surface area contributed by atoms with Gasteiger partial charge in [0.25, 0.3) is 5.91 Å². The number of rotatable bonds is 4. The predicted octanol–water partition coefficient (Wildman–Crippen LogP) is 3.58. The summed E-state index contributed by atoms with van der Waals surface area (Å²) in [5.41, 5.74) is 1.29. The molecule has 0 spiro atoms. The van der Waals surface area contributed by atoms with Crippen molar-refractivity contribution in [3.8, 4) is 11.5 Å². The molecule has 0 aliphatic carbocycles. The van der Waals surface area contributed by atoms with Crippen molar-refractivity contribution in [2.45, 2.75) is 0 Å². The minimum absolute atomic E-state index is 0.0499. The predicted molar refractivity (Wildman–Crippen MR) is 94.0 cm³/mol. The van der Waals surface area contributed by atoms with Crippen LogP contribution in [-0.2, 0) is 0 Å². The number of carbonyl (C=O) groups is 2. The zero-order valence-electron chi connectivity index (χ0n) is 13.1. The maximum absolute atomic E-state index is 12.7. The molecule has 0 radical (unpaired) electrons. The molecule has 0 fully saturated rings. The van der Waals surface area contributed by atoms with Gasteiger partial charge in [0, 0.05) is 22.8 Å². The van der Waals surface area contributed by atoms with Crippen LogP contribution < -0.4 is 5.32 Å². The quantitative estimate of drug-likeness (QED) is 0.637. The van der Waals surface area contributed by atoms with Crippen LogP contribution in [0.1, 0.15) is 26.3 Å². The zero-order chi connectivity index (χ0) is 17.8. The molecule has 25 heavy (non-hydrogen) atoms. The van der Waals surface area contributed by atoms with Gasteiger partial charge in [-0.1, -0.05) is 30.3 Å². The maximum Gasteiger partial charge on any atom is 0.255 e. The molecule has 0 unspecified atom stereocenters. The van der Waals surface area contributed by atoms with Crippen LogP contribution in [-0.4, -0.2) is 21.9 Å². The monoisotopic (exact) mass is 333 g/mol. The number of phenolic OH excluding ortho intramolecular Hbond substituents is 2. The molecular weight excluding hydrogens is 318 g/mol. The molecule has 5 heteroatoms. The van der Waals surface area contributed by atoms with Crippen molar-refractivity contribution in [1.82, 2.24) is 0 Å². The number of aromatic hydroxyl groups is 2. The van der Waals surface area contributed by atoms with Crippen molar-refractivity contribution in [3.05, 3.63) is 89.5 Å². The van der Waals surface area contributed by atoms with Crippen LogP contribution >= 0.6 is 0 Å². The Bertz CT molecular complexity index is 918. The highest BCUT2D eigenvalue weighted by atomic mass is 16.3. The second-order valence-corrected chi connectivity index (χ2v) is 5.43. The third-order valence-corrected chi connectivity index (χ3v) is 3.66. The Morgan fingerprint density at radius 1 is 0.720 bits per heavy atom. The van der Waals surface area contributed by atoms with Gasteiger partial charge in [-0.25, -0.2) is 0 Å². The number of ketones is 1. The first-order valence-corrected chi connectivity index (χ1v) is 7.58. The van der Waals surface area contributed by atoms with Gasteiger partial charge in [-0.3, -0.25) is 9.59 Å². The fourth-order valence-electron chi connectivity index (χ4n) is 2.39. The first-order valence-electron chi connectivity index (χ1n) is 7.58. The summed E-state index contributed by atoms with van der Waals surface area (Å²) in [6, 6.07) is 18.6. The largest absolute Gasteiger partial charge is 0.508 e. The first kappa shape index (κ1) is 16.3. The van der Waals surface area contributed by atoms with E-state index >= 15 is 0 Å². The second kappa shape index (κ2) is 6.88. The third kappa shape index (κ3) is 3.67. The number of nitrogens with one attached hydrogen (secondary N) is 1. The van der Waals surface area contributed by atoms with Crippen LogP contribution in [0.5, 0.6) is 11.5 Å². The minimum atomic E-state index is -0.451. The number of hydrogen-bond acceptors (Lipinski definition) is 4. The molecule has 0 atom stereocenters. The van der Waals surface area contributed by atoms with E-state index in [1.807, 2.05) is 0 Å². The summed E-state index contributed by atoms with van der Waals surface area (Å²) in [7, 11) is 0. The number of amides is 1. The van der Waals surface area contributed by atoms with Crippen molar-refractivity contribution in [2.24, 2.45) is 0 Å². The molecule has 0 aliphatic heterocycles. The normalized spacial score (nSPS) is 10.2. The molecule has 0 aromatic heterocycles. The van der Waals surface area contributed by atoms with Crippen molar-refractivity contribution in [2.75, 3.05) is 5.32 Å². The van der Waals surface area contributed by atoms with E-state index in [0.717, 1.165) is 0 Å². The highest BCUT2D eigenvalue weighted by molar-refractivity contribution is 6.15. The Morgan fingerprint density at radius 3 is 2.04 bits per heavy atom. The molecule has 3 aromatic rings. The molecule has 124 valence electrons. The maximum atomic E-state index is 12.7. The molecule has 0 saturated carbocycles. The number of anilines is 1. The van der Waals surface area contributed by atoms with Gasteiger partial charge in [0.05, 0.1) is 5.69 Å². The molecule has 3 rings (SSSR count). The molecule has 0 aliphatic rings. The molecule has 5 nitrogen and oxygen atoms in total. The number of phenols is 2. The molecular formula is C20H15NO4. The van der Waals surface area contributed by atoms with Crippen LogP contribution in [0.2, 0.25) is 0 Å². The number of hydrogen-bond donors (Lipinski definition) is 3. The molecule has 1 amide bonds. The van der Waals surface area contributed by atoms with Crippen LogP contribution in [0.25, 0.3) is 0 Å². The molecule has 3 aromatic carbocycles. The van der Waals surface area contributed by atoms with E-state index in [-0.39, 0.29) is 28.5 Å². The zero-order valence-corrected chi connectivity index (χ0v) is 13.1. The van der Waals surface area contributed by atoms with Gasteiger partial charge in [-0.05, 0) is 36.4 Å². The van der Waals surface area contributed by atoms with E-state index in [9.17, 15) is 19.8 Å². The average Bonchev–Trinajstić information content (AvgIpc) is 2.62. The van der Waals surface area contributed by atoms with Crippen molar-refractivity contribution in [3.63, 3.8) is 0 Å². The summed E-state index contributed by atoms with van der Waals surface area (Å²) >= 11 is 0. The molecule has 0 saturated heterocycles. The fourth-order valence-corrected chi connectivity index (χ4v) is 2.39. The van der Waals surface area contributed by atoms with Gasteiger partial charge in [-0.2, -0.15) is 0 Å². The fraction of sp³-hybridized carbons (Fsp3) is 0. The van der Waals surface area contributed by atoms with Gasteiger partial charge in [0.15, 0.2) is 5.78 Å². The second-order valence-electron chi connectivity index (χ2n) is 5.43. The Hall–Kier alpha value is -3.60. The number of benzene rings is 3. The standard InChI is InChI=1S/C20H15NO4/c22-15-8-6-14(7-9-15)20(25)21-18-12-16(23)10-11-17(18)19(24)13-4-2-1-3-5-13/h1-12,22-23H,(H,21,25).